The van der Waals surface area contributed by atoms with Gasteiger partial charge >= 0.3 is 0 Å². The van der Waals surface area contributed by atoms with Gasteiger partial charge in [0.15, 0.2) is 0 Å². The molecule has 0 aliphatic heterocycles. The van der Waals surface area contributed by atoms with Crippen LogP contribution >= 0.6 is 0 Å². The zero-order valence-corrected chi connectivity index (χ0v) is 9.19. The number of aromatic nitrogens is 3. The lowest BCUT2D eigenvalue weighted by Crippen LogP contribution is -2.17. The second-order valence-electron chi connectivity index (χ2n) is 4.50. The molecule has 0 fully saturated rings. The summed E-state index contributed by atoms with van der Waals surface area (Å²) in [4.78, 5) is 11.7. The molecule has 0 saturated carbocycles. The van der Waals surface area contributed by atoms with Gasteiger partial charge in [-0.2, -0.15) is 0 Å². The number of fused-ring (bicyclic) bond motifs is 1. The quantitative estimate of drug-likeness (QED) is 0.830. The van der Waals surface area contributed by atoms with Crippen LogP contribution in [0, 0.1) is 5.92 Å². The second kappa shape index (κ2) is 4.08. The Kier molecular flexibility index (Phi) is 2.44. The average Bonchev–Trinajstić information content (AvgIpc) is 2.82. The van der Waals surface area contributed by atoms with Gasteiger partial charge in [0.25, 0.3) is 0 Å². The number of nitrogens with one attached hydrogen (secondary N) is 1. The van der Waals surface area contributed by atoms with E-state index in [1.165, 1.54) is 29.8 Å². The summed E-state index contributed by atoms with van der Waals surface area (Å²) >= 11 is 0. The Balaban J connectivity index is 1.73. The molecule has 3 rings (SSSR count). The van der Waals surface area contributed by atoms with Gasteiger partial charge in [0, 0.05) is 23.8 Å². The summed E-state index contributed by atoms with van der Waals surface area (Å²) in [5, 5.41) is 0. The molecule has 1 atom stereocenters. The highest BCUT2D eigenvalue weighted by Crippen LogP contribution is 2.25. The van der Waals surface area contributed by atoms with Gasteiger partial charge in [-0.15, -0.1) is 0 Å². The van der Waals surface area contributed by atoms with Crippen molar-refractivity contribution in [3.8, 4) is 0 Å². The largest absolute Gasteiger partial charge is 0.348 e. The highest BCUT2D eigenvalue weighted by molar-refractivity contribution is 5.23. The fraction of sp³-hybridized carbons (Fsp3) is 0.385. The number of hydrogen-bond donors (Lipinski definition) is 1. The van der Waals surface area contributed by atoms with Gasteiger partial charge in [-0.05, 0) is 43.2 Å². The van der Waals surface area contributed by atoms with Crippen molar-refractivity contribution < 1.29 is 0 Å². The Morgan fingerprint density at radius 2 is 2.44 bits per heavy atom. The molecule has 3 heteroatoms. The van der Waals surface area contributed by atoms with Gasteiger partial charge in [-0.25, -0.2) is 4.98 Å². The zero-order valence-electron chi connectivity index (χ0n) is 9.19. The fourth-order valence-corrected chi connectivity index (χ4v) is 2.50. The molecular weight excluding hydrogens is 198 g/mol. The van der Waals surface area contributed by atoms with Crippen LogP contribution in [0.1, 0.15) is 23.4 Å². The van der Waals surface area contributed by atoms with Gasteiger partial charge in [-0.1, -0.05) is 6.07 Å². The molecular formula is C13H15N3. The van der Waals surface area contributed by atoms with Gasteiger partial charge < -0.3 is 4.98 Å². The monoisotopic (exact) mass is 213 g/mol. The number of nitrogens with zero attached hydrogens (tertiary/aromatic N) is 2. The summed E-state index contributed by atoms with van der Waals surface area (Å²) in [6.45, 7) is 0. The highest BCUT2D eigenvalue weighted by Gasteiger charge is 2.19. The summed E-state index contributed by atoms with van der Waals surface area (Å²) < 4.78 is 0. The normalized spacial score (nSPS) is 19.4. The predicted octanol–water partition coefficient (Wildman–Crippen LogP) is 2.15. The lowest BCUT2D eigenvalue weighted by atomic mass is 9.84. The van der Waals surface area contributed by atoms with E-state index in [2.05, 4.69) is 21.0 Å². The molecule has 0 saturated heterocycles. The molecule has 0 aromatic carbocycles. The molecule has 1 N–H and O–H groups in total. The first-order valence-corrected chi connectivity index (χ1v) is 5.82. The van der Waals surface area contributed by atoms with Gasteiger partial charge in [0.05, 0.1) is 6.33 Å². The third kappa shape index (κ3) is 1.85. The van der Waals surface area contributed by atoms with E-state index in [1.54, 1.807) is 6.33 Å². The molecule has 0 spiro atoms. The van der Waals surface area contributed by atoms with Gasteiger partial charge in [0.1, 0.15) is 0 Å². The average molecular weight is 213 g/mol. The summed E-state index contributed by atoms with van der Waals surface area (Å²) in [6, 6.07) is 4.24. The summed E-state index contributed by atoms with van der Waals surface area (Å²) in [6.07, 6.45) is 10.2. The van der Waals surface area contributed by atoms with E-state index in [-0.39, 0.29) is 0 Å². The lowest BCUT2D eigenvalue weighted by molar-refractivity contribution is 0.445. The van der Waals surface area contributed by atoms with Gasteiger partial charge in [0.2, 0.25) is 0 Å². The third-order valence-electron chi connectivity index (χ3n) is 3.35. The Morgan fingerprint density at radius 3 is 3.31 bits per heavy atom. The van der Waals surface area contributed by atoms with Crippen LogP contribution in [0.25, 0.3) is 0 Å². The van der Waals surface area contributed by atoms with Crippen LogP contribution in [-0.4, -0.2) is 15.0 Å². The van der Waals surface area contributed by atoms with Crippen LogP contribution < -0.4 is 0 Å². The summed E-state index contributed by atoms with van der Waals surface area (Å²) in [5.74, 6) is 0.711. The van der Waals surface area contributed by atoms with E-state index in [0.717, 1.165) is 12.8 Å². The number of aryl methyl sites for hydroxylation is 1. The topological polar surface area (TPSA) is 41.6 Å². The molecule has 0 amide bonds. The first kappa shape index (κ1) is 9.58. The van der Waals surface area contributed by atoms with Crippen molar-refractivity contribution >= 4 is 0 Å². The first-order chi connectivity index (χ1) is 7.92. The van der Waals surface area contributed by atoms with E-state index in [1.807, 2.05) is 18.5 Å². The summed E-state index contributed by atoms with van der Waals surface area (Å²) in [5.41, 5.74) is 3.96. The molecule has 0 unspecified atom stereocenters. The van der Waals surface area contributed by atoms with E-state index in [9.17, 15) is 0 Å². The number of imidazole rings is 1. The minimum absolute atomic E-state index is 0.711. The molecule has 1 aliphatic carbocycles. The Labute approximate surface area is 95.0 Å². The number of aromatic amines is 1. The smallest absolute Gasteiger partial charge is 0.0921 e. The van der Waals surface area contributed by atoms with Crippen molar-refractivity contribution in [2.24, 2.45) is 5.92 Å². The number of pyridine rings is 1. The number of rotatable bonds is 2. The van der Waals surface area contributed by atoms with Crippen LogP contribution in [0.5, 0.6) is 0 Å². The molecule has 2 aromatic heterocycles. The van der Waals surface area contributed by atoms with E-state index in [0.29, 0.717) is 5.92 Å². The molecule has 1 aliphatic rings. The van der Waals surface area contributed by atoms with E-state index >= 15 is 0 Å². The van der Waals surface area contributed by atoms with Crippen molar-refractivity contribution in [3.63, 3.8) is 0 Å². The van der Waals surface area contributed by atoms with Crippen molar-refractivity contribution in [1.29, 1.82) is 0 Å². The summed E-state index contributed by atoms with van der Waals surface area (Å²) in [7, 11) is 0. The van der Waals surface area contributed by atoms with Crippen LogP contribution in [-0.2, 0) is 19.3 Å². The van der Waals surface area contributed by atoms with Crippen LogP contribution in [0.15, 0.2) is 30.9 Å². The van der Waals surface area contributed by atoms with Crippen LogP contribution in [0.2, 0.25) is 0 Å². The van der Waals surface area contributed by atoms with Crippen molar-refractivity contribution in [3.05, 3.63) is 47.8 Å². The third-order valence-corrected chi connectivity index (χ3v) is 3.35. The van der Waals surface area contributed by atoms with E-state index in [4.69, 9.17) is 0 Å². The molecule has 0 radical (unpaired) electrons. The van der Waals surface area contributed by atoms with Crippen molar-refractivity contribution in [1.82, 2.24) is 15.0 Å². The minimum Gasteiger partial charge on any atom is -0.348 e. The molecule has 2 aromatic rings. The van der Waals surface area contributed by atoms with Crippen molar-refractivity contribution in [2.75, 3.05) is 0 Å². The highest BCUT2D eigenvalue weighted by atomic mass is 14.9. The minimum atomic E-state index is 0.711. The first-order valence-electron chi connectivity index (χ1n) is 5.82. The molecule has 2 heterocycles. The maximum Gasteiger partial charge on any atom is 0.0921 e. The molecule has 3 nitrogen and oxygen atoms in total. The van der Waals surface area contributed by atoms with Crippen LogP contribution in [0.4, 0.5) is 0 Å². The van der Waals surface area contributed by atoms with Crippen molar-refractivity contribution in [2.45, 2.75) is 25.7 Å². The molecule has 82 valence electrons. The number of H-pyrrole nitrogens is 1. The Hall–Kier alpha value is -1.64. The fourth-order valence-electron chi connectivity index (χ4n) is 2.50. The number of hydrogen-bond acceptors (Lipinski definition) is 2. The van der Waals surface area contributed by atoms with E-state index < -0.39 is 0 Å². The standard InChI is InChI=1S/C13H15N3/c1-2-11-4-3-10(7-13(11)15-5-1)6-12-8-14-9-16-12/h1-2,5,8-10H,3-4,6-7H2,(H,14,16)/t10-/m0/s1. The Morgan fingerprint density at radius 1 is 1.44 bits per heavy atom. The van der Waals surface area contributed by atoms with Crippen LogP contribution in [0.3, 0.4) is 0 Å². The molecule has 16 heavy (non-hydrogen) atoms. The Bertz CT molecular complexity index is 462. The molecule has 0 bridgehead atoms. The maximum absolute atomic E-state index is 4.47. The zero-order chi connectivity index (χ0) is 10.8. The van der Waals surface area contributed by atoms with Gasteiger partial charge in [-0.3, -0.25) is 4.98 Å². The SMILES string of the molecule is c1cnc2c(c1)CC[C@@H](Cc1cnc[nH]1)C2. The lowest BCUT2D eigenvalue weighted by Gasteiger charge is -2.22. The second-order valence-corrected chi connectivity index (χ2v) is 4.50. The predicted molar refractivity (Wildman–Crippen MR) is 62.0 cm³/mol. The maximum atomic E-state index is 4.47.